The Labute approximate surface area is 167 Å². The third kappa shape index (κ3) is 4.29. The molecule has 1 atom stereocenters. The molecule has 0 aliphatic carbocycles. The quantitative estimate of drug-likeness (QED) is 0.566. The minimum Gasteiger partial charge on any atom is -0.497 e. The number of hydrogen-bond donors (Lipinski definition) is 1. The standard InChI is InChI=1S/C20H21N3O6/c1-3-29-18-7-5-4-6-17(18)22-12-13(10-19(22)24)20(25)21-15-11-14(28-2)8-9-16(15)23(26)27/h4-9,11,13H,3,10,12H2,1-2H3,(H,21,25)/t13-/m1/s1. The monoisotopic (exact) mass is 399 g/mol. The number of para-hydroxylation sites is 2. The second-order valence-electron chi connectivity index (χ2n) is 6.44. The van der Waals surface area contributed by atoms with Crippen molar-refractivity contribution in [1.29, 1.82) is 0 Å². The number of nitro groups is 1. The van der Waals surface area contributed by atoms with Crippen molar-refractivity contribution >= 4 is 28.9 Å². The topological polar surface area (TPSA) is 111 Å². The maximum absolute atomic E-state index is 12.7. The number of hydrogen-bond acceptors (Lipinski definition) is 6. The molecule has 0 aromatic heterocycles. The highest BCUT2D eigenvalue weighted by molar-refractivity contribution is 6.04. The van der Waals surface area contributed by atoms with Crippen LogP contribution in [0.5, 0.6) is 11.5 Å². The molecule has 0 unspecified atom stereocenters. The predicted molar refractivity (Wildman–Crippen MR) is 106 cm³/mol. The van der Waals surface area contributed by atoms with E-state index in [9.17, 15) is 19.7 Å². The zero-order chi connectivity index (χ0) is 21.0. The normalized spacial score (nSPS) is 15.9. The Morgan fingerprint density at radius 3 is 2.76 bits per heavy atom. The maximum Gasteiger partial charge on any atom is 0.293 e. The number of nitro benzene ring substituents is 1. The van der Waals surface area contributed by atoms with Gasteiger partial charge in [0.2, 0.25) is 11.8 Å². The van der Waals surface area contributed by atoms with Gasteiger partial charge < -0.3 is 19.7 Å². The van der Waals surface area contributed by atoms with E-state index in [0.29, 0.717) is 23.8 Å². The van der Waals surface area contributed by atoms with Crippen molar-refractivity contribution in [2.45, 2.75) is 13.3 Å². The Bertz CT molecular complexity index is 946. The molecule has 9 heteroatoms. The highest BCUT2D eigenvalue weighted by atomic mass is 16.6. The second-order valence-corrected chi connectivity index (χ2v) is 6.44. The second kappa shape index (κ2) is 8.59. The highest BCUT2D eigenvalue weighted by Crippen LogP contribution is 2.34. The lowest BCUT2D eigenvalue weighted by Crippen LogP contribution is -2.28. The van der Waals surface area contributed by atoms with Gasteiger partial charge in [-0.3, -0.25) is 19.7 Å². The van der Waals surface area contributed by atoms with Gasteiger partial charge in [-0.25, -0.2) is 0 Å². The van der Waals surface area contributed by atoms with Crippen molar-refractivity contribution in [2.24, 2.45) is 5.92 Å². The molecule has 1 aliphatic rings. The number of nitrogens with zero attached hydrogens (tertiary/aromatic N) is 2. The van der Waals surface area contributed by atoms with Gasteiger partial charge >= 0.3 is 0 Å². The molecule has 1 aliphatic heterocycles. The molecule has 9 nitrogen and oxygen atoms in total. The van der Waals surface area contributed by atoms with Crippen LogP contribution >= 0.6 is 0 Å². The van der Waals surface area contributed by atoms with Crippen molar-refractivity contribution in [2.75, 3.05) is 30.5 Å². The molecule has 2 aromatic rings. The molecule has 3 rings (SSSR count). The fourth-order valence-corrected chi connectivity index (χ4v) is 3.21. The molecule has 0 spiro atoms. The molecule has 29 heavy (non-hydrogen) atoms. The summed E-state index contributed by atoms with van der Waals surface area (Å²) in [5, 5.41) is 13.8. The fourth-order valence-electron chi connectivity index (χ4n) is 3.21. The van der Waals surface area contributed by atoms with E-state index >= 15 is 0 Å². The molecule has 1 saturated heterocycles. The van der Waals surface area contributed by atoms with E-state index in [2.05, 4.69) is 5.32 Å². The van der Waals surface area contributed by atoms with Gasteiger partial charge in [0.1, 0.15) is 17.2 Å². The van der Waals surface area contributed by atoms with Gasteiger partial charge in [0.15, 0.2) is 0 Å². The first-order valence-corrected chi connectivity index (χ1v) is 9.10. The Kier molecular flexibility index (Phi) is 5.96. The summed E-state index contributed by atoms with van der Waals surface area (Å²) in [6.07, 6.45) is 0.00403. The van der Waals surface area contributed by atoms with Crippen LogP contribution < -0.4 is 19.7 Å². The predicted octanol–water partition coefficient (Wildman–Crippen LogP) is 2.99. The molecule has 1 fully saturated rings. The van der Waals surface area contributed by atoms with E-state index in [-0.39, 0.29) is 30.2 Å². The van der Waals surface area contributed by atoms with Gasteiger partial charge in [0, 0.05) is 25.1 Å². The number of methoxy groups -OCH3 is 1. The molecular formula is C20H21N3O6. The van der Waals surface area contributed by atoms with E-state index in [4.69, 9.17) is 9.47 Å². The van der Waals surface area contributed by atoms with Crippen LogP contribution in [0, 0.1) is 16.0 Å². The van der Waals surface area contributed by atoms with Crippen molar-refractivity contribution in [3.8, 4) is 11.5 Å². The summed E-state index contributed by atoms with van der Waals surface area (Å²) >= 11 is 0. The van der Waals surface area contributed by atoms with Crippen LogP contribution in [-0.4, -0.2) is 37.0 Å². The lowest BCUT2D eigenvalue weighted by atomic mass is 10.1. The van der Waals surface area contributed by atoms with E-state index in [1.54, 1.807) is 24.3 Å². The Morgan fingerprint density at radius 1 is 1.31 bits per heavy atom. The van der Waals surface area contributed by atoms with Gasteiger partial charge in [-0.05, 0) is 25.1 Å². The number of nitrogens with one attached hydrogen (secondary N) is 1. The molecule has 0 saturated carbocycles. The minimum atomic E-state index is -0.650. The van der Waals surface area contributed by atoms with E-state index in [0.717, 1.165) is 0 Å². The first-order valence-electron chi connectivity index (χ1n) is 9.10. The van der Waals surface area contributed by atoms with Gasteiger partial charge in [-0.15, -0.1) is 0 Å². The Balaban J connectivity index is 1.79. The molecule has 0 radical (unpaired) electrons. The molecular weight excluding hydrogens is 378 g/mol. The van der Waals surface area contributed by atoms with Crippen molar-refractivity contribution in [3.05, 3.63) is 52.6 Å². The highest BCUT2D eigenvalue weighted by Gasteiger charge is 2.37. The van der Waals surface area contributed by atoms with Gasteiger partial charge in [-0.1, -0.05) is 12.1 Å². The number of rotatable bonds is 7. The number of carbonyl (C=O) groups excluding carboxylic acids is 2. The number of benzene rings is 2. The molecule has 0 bridgehead atoms. The van der Waals surface area contributed by atoms with Crippen LogP contribution in [0.2, 0.25) is 0 Å². The van der Waals surface area contributed by atoms with Gasteiger partial charge in [0.25, 0.3) is 5.69 Å². The van der Waals surface area contributed by atoms with Crippen molar-refractivity contribution in [3.63, 3.8) is 0 Å². The maximum atomic E-state index is 12.7. The Hall–Kier alpha value is -3.62. The smallest absolute Gasteiger partial charge is 0.293 e. The van der Waals surface area contributed by atoms with E-state index in [1.165, 1.54) is 30.2 Å². The van der Waals surface area contributed by atoms with E-state index in [1.807, 2.05) is 6.92 Å². The summed E-state index contributed by atoms with van der Waals surface area (Å²) in [5.41, 5.74) is 0.379. The zero-order valence-electron chi connectivity index (χ0n) is 16.1. The summed E-state index contributed by atoms with van der Waals surface area (Å²) in [5.74, 6) is -0.389. The summed E-state index contributed by atoms with van der Waals surface area (Å²) in [7, 11) is 1.43. The first-order chi connectivity index (χ1) is 13.9. The lowest BCUT2D eigenvalue weighted by Gasteiger charge is -2.20. The average Bonchev–Trinajstić information content (AvgIpc) is 3.10. The third-order valence-corrected chi connectivity index (χ3v) is 4.61. The molecule has 1 N–H and O–H groups in total. The van der Waals surface area contributed by atoms with Crippen LogP contribution in [0.1, 0.15) is 13.3 Å². The largest absolute Gasteiger partial charge is 0.497 e. The van der Waals surface area contributed by atoms with Crippen molar-refractivity contribution < 1.29 is 24.0 Å². The molecule has 2 amide bonds. The lowest BCUT2D eigenvalue weighted by molar-refractivity contribution is -0.383. The van der Waals surface area contributed by atoms with Crippen LogP contribution in [0.4, 0.5) is 17.1 Å². The number of ether oxygens (including phenoxy) is 2. The van der Waals surface area contributed by atoms with Crippen LogP contribution in [0.3, 0.4) is 0 Å². The first kappa shape index (κ1) is 20.1. The number of amides is 2. The molecule has 1 heterocycles. The SMILES string of the molecule is CCOc1ccccc1N1C[C@H](C(=O)Nc2cc(OC)ccc2[N+](=O)[O-])CC1=O. The van der Waals surface area contributed by atoms with E-state index < -0.39 is 16.7 Å². The minimum absolute atomic E-state index is 0.00403. The Morgan fingerprint density at radius 2 is 2.07 bits per heavy atom. The van der Waals surface area contributed by atoms with Crippen LogP contribution in [0.15, 0.2) is 42.5 Å². The van der Waals surface area contributed by atoms with Crippen molar-refractivity contribution in [1.82, 2.24) is 0 Å². The fraction of sp³-hybridized carbons (Fsp3) is 0.300. The number of carbonyl (C=O) groups is 2. The van der Waals surface area contributed by atoms with Gasteiger partial charge in [-0.2, -0.15) is 0 Å². The summed E-state index contributed by atoms with van der Waals surface area (Å²) in [6.45, 7) is 2.45. The third-order valence-electron chi connectivity index (χ3n) is 4.61. The molecule has 2 aromatic carbocycles. The summed E-state index contributed by atoms with van der Waals surface area (Å²) < 4.78 is 10.6. The van der Waals surface area contributed by atoms with Gasteiger partial charge in [0.05, 0.1) is 30.2 Å². The molecule has 152 valence electrons. The van der Waals surface area contributed by atoms with Crippen LogP contribution in [-0.2, 0) is 9.59 Å². The summed E-state index contributed by atoms with van der Waals surface area (Å²) in [4.78, 5) is 37.4. The number of anilines is 2. The van der Waals surface area contributed by atoms with Crippen LogP contribution in [0.25, 0.3) is 0 Å². The summed E-state index contributed by atoms with van der Waals surface area (Å²) in [6, 6.07) is 11.2. The zero-order valence-corrected chi connectivity index (χ0v) is 16.1. The average molecular weight is 399 g/mol.